The number of allylic oxidation sites excluding steroid dienone is 1. The summed E-state index contributed by atoms with van der Waals surface area (Å²) in [6, 6.07) is 0. The predicted octanol–water partition coefficient (Wildman–Crippen LogP) is 4.35. The number of hydrogen-bond donors (Lipinski definition) is 1. The molecule has 5 rings (SSSR count). The summed E-state index contributed by atoms with van der Waals surface area (Å²) in [6.45, 7) is 18.2. The minimum Gasteiger partial charge on any atom is -0.459 e. The Labute approximate surface area is 232 Å². The van der Waals surface area contributed by atoms with E-state index in [1.165, 1.54) is 27.7 Å². The van der Waals surface area contributed by atoms with Crippen LogP contribution in [0.3, 0.4) is 0 Å². The van der Waals surface area contributed by atoms with Crippen LogP contribution >= 0.6 is 0 Å². The molecule has 10 atom stereocenters. The molecule has 0 unspecified atom stereocenters. The van der Waals surface area contributed by atoms with Crippen molar-refractivity contribution in [1.29, 1.82) is 0 Å². The van der Waals surface area contributed by atoms with Crippen molar-refractivity contribution < 1.29 is 38.5 Å². The summed E-state index contributed by atoms with van der Waals surface area (Å²) in [5.74, 6) is -0.528. The van der Waals surface area contributed by atoms with Crippen molar-refractivity contribution in [2.45, 2.75) is 125 Å². The lowest BCUT2D eigenvalue weighted by molar-refractivity contribution is -0.200. The van der Waals surface area contributed by atoms with Gasteiger partial charge in [-0.25, -0.2) is 0 Å². The number of rotatable bonds is 3. The number of esters is 2. The maximum Gasteiger partial charge on any atom is 0.303 e. The third-order valence-corrected chi connectivity index (χ3v) is 11.3. The molecule has 0 radical (unpaired) electrons. The van der Waals surface area contributed by atoms with Gasteiger partial charge in [-0.15, -0.1) is 0 Å². The van der Waals surface area contributed by atoms with Gasteiger partial charge in [0.25, 0.3) is 0 Å². The number of epoxide rings is 1. The van der Waals surface area contributed by atoms with Gasteiger partial charge in [0.05, 0.1) is 12.2 Å². The lowest BCUT2D eigenvalue weighted by Crippen LogP contribution is -2.67. The Kier molecular flexibility index (Phi) is 7.08. The normalized spacial score (nSPS) is 45.6. The van der Waals surface area contributed by atoms with Crippen molar-refractivity contribution >= 4 is 23.5 Å². The SMILES string of the molecule is CC(=O)O[C@H]1C[C@@H]2C(=CC[C@@H]3[C@@]2(C)C(=O)C[C@]2(C)[C@@]4([C@H](C)O)O[C@H]4C[C@@]32C)C(C)(C)[C@@H]1OC(C)=O.CC(C)=O. The van der Waals surface area contributed by atoms with Crippen LogP contribution < -0.4 is 0 Å². The van der Waals surface area contributed by atoms with E-state index in [1.807, 2.05) is 13.8 Å². The number of fused-ring (bicyclic) bond motifs is 7. The second-order valence-corrected chi connectivity index (χ2v) is 14.0. The first kappa shape index (κ1) is 29.9. The van der Waals surface area contributed by atoms with Crippen molar-refractivity contribution in [2.24, 2.45) is 33.5 Å². The zero-order valence-electron chi connectivity index (χ0n) is 25.2. The second kappa shape index (κ2) is 9.23. The molecular weight excluding hydrogens is 500 g/mol. The monoisotopic (exact) mass is 546 g/mol. The van der Waals surface area contributed by atoms with E-state index in [9.17, 15) is 24.3 Å². The largest absolute Gasteiger partial charge is 0.459 e. The summed E-state index contributed by atoms with van der Waals surface area (Å²) in [4.78, 5) is 47.7. The van der Waals surface area contributed by atoms with Gasteiger partial charge in [-0.1, -0.05) is 46.3 Å². The van der Waals surface area contributed by atoms with Crippen LogP contribution in [0.1, 0.15) is 94.9 Å². The number of ketones is 2. The molecule has 39 heavy (non-hydrogen) atoms. The lowest BCUT2D eigenvalue weighted by atomic mass is 9.38. The lowest BCUT2D eigenvalue weighted by Gasteiger charge is -2.65. The number of carbonyl (C=O) groups is 4. The molecule has 3 saturated carbocycles. The van der Waals surface area contributed by atoms with Gasteiger partial charge in [-0.2, -0.15) is 0 Å². The van der Waals surface area contributed by atoms with Crippen LogP contribution in [0.15, 0.2) is 11.6 Å². The first-order chi connectivity index (χ1) is 17.8. The van der Waals surface area contributed by atoms with Gasteiger partial charge in [-0.05, 0) is 57.3 Å². The van der Waals surface area contributed by atoms with Gasteiger partial charge >= 0.3 is 11.9 Å². The number of aliphatic hydroxyl groups excluding tert-OH is 1. The molecule has 1 saturated heterocycles. The zero-order chi connectivity index (χ0) is 29.5. The molecule has 0 aromatic carbocycles. The number of carbonyl (C=O) groups excluding carboxylic acids is 4. The van der Waals surface area contributed by atoms with Crippen molar-refractivity contribution in [1.82, 2.24) is 0 Å². The molecule has 8 nitrogen and oxygen atoms in total. The highest BCUT2D eigenvalue weighted by Crippen LogP contribution is 2.79. The van der Waals surface area contributed by atoms with E-state index in [4.69, 9.17) is 14.2 Å². The van der Waals surface area contributed by atoms with Crippen molar-refractivity contribution in [3.8, 4) is 0 Å². The van der Waals surface area contributed by atoms with E-state index in [-0.39, 0.29) is 34.9 Å². The average molecular weight is 547 g/mol. The molecule has 0 aromatic rings. The third kappa shape index (κ3) is 3.98. The zero-order valence-corrected chi connectivity index (χ0v) is 25.2. The standard InChI is InChI=1S/C28H40O7.C3H6O/c1-14(29)28-22(35-28)13-25(6)20-10-9-17-18(27(20,8)21(32)12-26(25,28)7)11-19(33-15(2)30)23(24(17,4)5)34-16(3)31;1-3(2)4/h9,14,18-20,22-23,29H,10-13H2,1-8H3;1-2H3/t14-,18+,19-,20-,22-,23+,25-,26-,27-,28-;/m0./s1. The Hall–Kier alpha value is -2.06. The van der Waals surface area contributed by atoms with Crippen LogP contribution in [0.5, 0.6) is 0 Å². The first-order valence-corrected chi connectivity index (χ1v) is 14.2. The minimum atomic E-state index is -0.657. The van der Waals surface area contributed by atoms with E-state index >= 15 is 0 Å². The molecule has 4 aliphatic carbocycles. The molecular formula is C31H46O8. The summed E-state index contributed by atoms with van der Waals surface area (Å²) in [6.07, 6.45) is 2.73. The summed E-state index contributed by atoms with van der Waals surface area (Å²) >= 11 is 0. The van der Waals surface area contributed by atoms with E-state index in [0.717, 1.165) is 18.4 Å². The Bertz CT molecular complexity index is 1120. The molecule has 0 aromatic heterocycles. The quantitative estimate of drug-likeness (QED) is 0.315. The number of aliphatic hydroxyl groups is 1. The van der Waals surface area contributed by atoms with Gasteiger partial charge in [0.1, 0.15) is 29.4 Å². The van der Waals surface area contributed by atoms with E-state index in [0.29, 0.717) is 12.8 Å². The fourth-order valence-corrected chi connectivity index (χ4v) is 9.45. The van der Waals surface area contributed by atoms with Crippen molar-refractivity contribution in [2.75, 3.05) is 0 Å². The second-order valence-electron chi connectivity index (χ2n) is 14.0. The maximum atomic E-state index is 14.3. The van der Waals surface area contributed by atoms with Gasteiger partial charge < -0.3 is 24.1 Å². The van der Waals surface area contributed by atoms with Crippen LogP contribution in [0.4, 0.5) is 0 Å². The van der Waals surface area contributed by atoms with E-state index in [2.05, 4.69) is 26.8 Å². The average Bonchev–Trinajstić information content (AvgIpc) is 3.46. The van der Waals surface area contributed by atoms with Crippen molar-refractivity contribution in [3.05, 3.63) is 11.6 Å². The Morgan fingerprint density at radius 2 is 1.59 bits per heavy atom. The van der Waals surface area contributed by atoms with Crippen LogP contribution in [-0.2, 0) is 33.4 Å². The predicted molar refractivity (Wildman–Crippen MR) is 143 cm³/mol. The molecule has 218 valence electrons. The fourth-order valence-electron chi connectivity index (χ4n) is 9.45. The molecule has 8 heteroatoms. The van der Waals surface area contributed by atoms with Gasteiger partial charge in [0.15, 0.2) is 0 Å². The highest BCUT2D eigenvalue weighted by molar-refractivity contribution is 5.88. The number of Topliss-reactive ketones (excluding diaryl/α,β-unsaturated/α-hetero) is 2. The highest BCUT2D eigenvalue weighted by Gasteiger charge is 2.84. The number of hydrogen-bond acceptors (Lipinski definition) is 8. The van der Waals surface area contributed by atoms with Gasteiger partial charge in [0.2, 0.25) is 0 Å². The third-order valence-electron chi connectivity index (χ3n) is 11.3. The van der Waals surface area contributed by atoms with Crippen LogP contribution in [-0.4, -0.2) is 58.6 Å². The summed E-state index contributed by atoms with van der Waals surface area (Å²) in [5, 5.41) is 10.8. The molecule has 5 aliphatic rings. The Morgan fingerprint density at radius 1 is 1.03 bits per heavy atom. The highest BCUT2D eigenvalue weighted by atomic mass is 16.6. The minimum absolute atomic E-state index is 0.0250. The molecule has 1 heterocycles. The molecule has 0 bridgehead atoms. The van der Waals surface area contributed by atoms with Gasteiger partial charge in [-0.3, -0.25) is 14.4 Å². The summed E-state index contributed by atoms with van der Waals surface area (Å²) < 4.78 is 17.6. The van der Waals surface area contributed by atoms with Crippen LogP contribution in [0.25, 0.3) is 0 Å². The molecule has 0 spiro atoms. The summed E-state index contributed by atoms with van der Waals surface area (Å²) in [7, 11) is 0. The maximum absolute atomic E-state index is 14.3. The number of ether oxygens (including phenoxy) is 3. The van der Waals surface area contributed by atoms with Crippen LogP contribution in [0, 0.1) is 33.5 Å². The molecule has 1 aliphatic heterocycles. The first-order valence-electron chi connectivity index (χ1n) is 14.2. The molecule has 0 amide bonds. The van der Waals surface area contributed by atoms with Crippen LogP contribution in [0.2, 0.25) is 0 Å². The Balaban J connectivity index is 0.000000826. The topological polar surface area (TPSA) is 120 Å². The summed E-state index contributed by atoms with van der Waals surface area (Å²) in [5.41, 5.74) is -1.42. The van der Waals surface area contributed by atoms with E-state index in [1.54, 1.807) is 6.92 Å². The van der Waals surface area contributed by atoms with Gasteiger partial charge in [0, 0.05) is 36.5 Å². The van der Waals surface area contributed by atoms with Crippen molar-refractivity contribution in [3.63, 3.8) is 0 Å². The smallest absolute Gasteiger partial charge is 0.303 e. The molecule has 1 N–H and O–H groups in total. The Morgan fingerprint density at radius 3 is 2.10 bits per heavy atom. The van der Waals surface area contributed by atoms with E-state index < -0.39 is 52.1 Å². The fraction of sp³-hybridized carbons (Fsp3) is 0.806. The molecule has 4 fully saturated rings.